The van der Waals surface area contributed by atoms with Crippen molar-refractivity contribution in [1.29, 1.82) is 0 Å². The molecule has 1 aliphatic carbocycles. The van der Waals surface area contributed by atoms with Gasteiger partial charge in [-0.3, -0.25) is 24.0 Å². The van der Waals surface area contributed by atoms with E-state index in [1.54, 1.807) is 12.1 Å². The molecule has 0 heterocycles. The lowest BCUT2D eigenvalue weighted by atomic mass is 9.94. The highest BCUT2D eigenvalue weighted by Crippen LogP contribution is 2.30. The third kappa shape index (κ3) is 8.86. The van der Waals surface area contributed by atoms with Gasteiger partial charge in [-0.05, 0) is 61.2 Å². The molecular formula is C38H42N4O7S. The zero-order valence-electron chi connectivity index (χ0n) is 28.2. The number of nitro benzene ring substituents is 1. The second kappa shape index (κ2) is 16.4. The van der Waals surface area contributed by atoms with Crippen LogP contribution in [-0.2, 0) is 32.6 Å². The van der Waals surface area contributed by atoms with Crippen LogP contribution in [0.15, 0.2) is 108 Å². The van der Waals surface area contributed by atoms with E-state index in [0.29, 0.717) is 11.3 Å². The molecule has 0 aliphatic heterocycles. The van der Waals surface area contributed by atoms with Gasteiger partial charge in [-0.25, -0.2) is 8.42 Å². The van der Waals surface area contributed by atoms with Crippen LogP contribution in [0.4, 0.5) is 11.4 Å². The summed E-state index contributed by atoms with van der Waals surface area (Å²) in [5.41, 5.74) is 1.68. The monoisotopic (exact) mass is 698 g/mol. The van der Waals surface area contributed by atoms with Crippen LogP contribution in [0.3, 0.4) is 0 Å². The van der Waals surface area contributed by atoms with Gasteiger partial charge >= 0.3 is 0 Å². The van der Waals surface area contributed by atoms with Crippen LogP contribution in [0.25, 0.3) is 0 Å². The molecule has 1 aliphatic rings. The van der Waals surface area contributed by atoms with Crippen LogP contribution < -0.4 is 14.4 Å². The Balaban J connectivity index is 1.58. The number of rotatable bonds is 14. The number of carbonyl (C=O) groups is 2. The van der Waals surface area contributed by atoms with Gasteiger partial charge in [0.1, 0.15) is 18.3 Å². The van der Waals surface area contributed by atoms with Crippen LogP contribution in [0, 0.1) is 17.0 Å². The highest BCUT2D eigenvalue weighted by Gasteiger charge is 2.36. The first-order chi connectivity index (χ1) is 24.1. The highest BCUT2D eigenvalue weighted by atomic mass is 32.2. The first kappa shape index (κ1) is 36.1. The lowest BCUT2D eigenvalue weighted by Gasteiger charge is -2.35. The molecule has 2 amide bonds. The quantitative estimate of drug-likeness (QED) is 0.122. The van der Waals surface area contributed by atoms with Gasteiger partial charge in [0.15, 0.2) is 0 Å². The van der Waals surface area contributed by atoms with E-state index < -0.39 is 33.4 Å². The van der Waals surface area contributed by atoms with Gasteiger partial charge in [-0.15, -0.1) is 0 Å². The largest absolute Gasteiger partial charge is 0.497 e. The number of hydrogen-bond donors (Lipinski definition) is 1. The third-order valence-corrected chi connectivity index (χ3v) is 10.8. The number of nitrogens with zero attached hydrogens (tertiary/aromatic N) is 3. The molecule has 0 bridgehead atoms. The first-order valence-corrected chi connectivity index (χ1v) is 18.1. The maximum Gasteiger partial charge on any atom is 0.273 e. The van der Waals surface area contributed by atoms with E-state index in [2.05, 4.69) is 5.32 Å². The van der Waals surface area contributed by atoms with Crippen molar-refractivity contribution < 1.29 is 27.7 Å². The summed E-state index contributed by atoms with van der Waals surface area (Å²) in [4.78, 5) is 41.1. The predicted molar refractivity (Wildman–Crippen MR) is 191 cm³/mol. The molecule has 1 fully saturated rings. The second-order valence-corrected chi connectivity index (χ2v) is 14.3. The van der Waals surface area contributed by atoms with E-state index in [4.69, 9.17) is 4.74 Å². The smallest absolute Gasteiger partial charge is 0.273 e. The molecule has 0 unspecified atom stereocenters. The summed E-state index contributed by atoms with van der Waals surface area (Å²) < 4.78 is 34.9. The Morgan fingerprint density at radius 3 is 2.12 bits per heavy atom. The van der Waals surface area contributed by atoms with Gasteiger partial charge in [-0.1, -0.05) is 86.0 Å². The number of hydrogen-bond acceptors (Lipinski definition) is 7. The molecule has 0 aromatic heterocycles. The Morgan fingerprint density at radius 1 is 0.900 bits per heavy atom. The number of ether oxygens (including phenoxy) is 1. The Hall–Kier alpha value is -5.23. The Bertz CT molecular complexity index is 1880. The SMILES string of the molecule is COc1ccc(N(CC(=O)N(Cc2ccccc2)[C@@H](Cc2ccccc2)C(=O)NC2CCCCC2)S(=O)(=O)c2ccc(C)c([N+](=O)[O-])c2)cc1. The number of methoxy groups -OCH3 is 1. The van der Waals surface area contributed by atoms with Gasteiger partial charge in [0.25, 0.3) is 15.7 Å². The molecule has 262 valence electrons. The third-order valence-electron chi connectivity index (χ3n) is 9.02. The fraction of sp³-hybridized carbons (Fsp3) is 0.316. The predicted octanol–water partition coefficient (Wildman–Crippen LogP) is 6.20. The van der Waals surface area contributed by atoms with Crippen molar-refractivity contribution in [2.45, 2.75) is 69.0 Å². The van der Waals surface area contributed by atoms with E-state index >= 15 is 0 Å². The summed E-state index contributed by atoms with van der Waals surface area (Å²) >= 11 is 0. The summed E-state index contributed by atoms with van der Waals surface area (Å²) in [5, 5.41) is 15.0. The number of aryl methyl sites for hydroxylation is 1. The fourth-order valence-corrected chi connectivity index (χ4v) is 7.66. The topological polar surface area (TPSA) is 139 Å². The minimum atomic E-state index is -4.54. The summed E-state index contributed by atoms with van der Waals surface area (Å²) in [7, 11) is -3.06. The number of benzene rings is 4. The lowest BCUT2D eigenvalue weighted by Crippen LogP contribution is -2.55. The molecular weight excluding hydrogens is 657 g/mol. The zero-order chi connectivity index (χ0) is 35.7. The van der Waals surface area contributed by atoms with Crippen molar-refractivity contribution in [2.24, 2.45) is 0 Å². The minimum absolute atomic E-state index is 0.0169. The fourth-order valence-electron chi connectivity index (χ4n) is 6.23. The lowest BCUT2D eigenvalue weighted by molar-refractivity contribution is -0.385. The molecule has 1 N–H and O–H groups in total. The average molecular weight is 699 g/mol. The summed E-state index contributed by atoms with van der Waals surface area (Å²) in [5.74, 6) is -0.455. The van der Waals surface area contributed by atoms with E-state index in [1.165, 1.54) is 43.2 Å². The van der Waals surface area contributed by atoms with Crippen molar-refractivity contribution in [2.75, 3.05) is 18.0 Å². The summed E-state index contributed by atoms with van der Waals surface area (Å²) in [6, 6.07) is 27.4. The molecule has 0 saturated heterocycles. The van der Waals surface area contributed by atoms with Crippen LogP contribution in [0.2, 0.25) is 0 Å². The molecule has 1 atom stereocenters. The van der Waals surface area contributed by atoms with Crippen molar-refractivity contribution in [3.63, 3.8) is 0 Å². The summed E-state index contributed by atoms with van der Waals surface area (Å²) in [6.45, 7) is 0.888. The number of amides is 2. The van der Waals surface area contributed by atoms with Gasteiger partial charge < -0.3 is 15.0 Å². The Labute approximate surface area is 293 Å². The molecule has 4 aromatic rings. The average Bonchev–Trinajstić information content (AvgIpc) is 3.13. The maximum atomic E-state index is 14.7. The van der Waals surface area contributed by atoms with E-state index in [-0.39, 0.29) is 41.2 Å². The van der Waals surface area contributed by atoms with Gasteiger partial charge in [0, 0.05) is 30.6 Å². The summed E-state index contributed by atoms with van der Waals surface area (Å²) in [6.07, 6.45) is 5.03. The number of nitrogens with one attached hydrogen (secondary N) is 1. The van der Waals surface area contributed by atoms with E-state index in [9.17, 15) is 28.1 Å². The van der Waals surface area contributed by atoms with Gasteiger partial charge in [-0.2, -0.15) is 0 Å². The van der Waals surface area contributed by atoms with Crippen molar-refractivity contribution in [1.82, 2.24) is 10.2 Å². The molecule has 50 heavy (non-hydrogen) atoms. The van der Waals surface area contributed by atoms with Crippen LogP contribution in [0.5, 0.6) is 5.75 Å². The molecule has 0 spiro atoms. The Morgan fingerprint density at radius 2 is 1.52 bits per heavy atom. The molecule has 1 saturated carbocycles. The van der Waals surface area contributed by atoms with Crippen LogP contribution in [-0.4, -0.2) is 55.8 Å². The molecule has 11 nitrogen and oxygen atoms in total. The van der Waals surface area contributed by atoms with E-state index in [0.717, 1.165) is 53.6 Å². The first-order valence-electron chi connectivity index (χ1n) is 16.7. The van der Waals surface area contributed by atoms with Gasteiger partial charge in [0.2, 0.25) is 11.8 Å². The normalized spacial score (nSPS) is 14.0. The highest BCUT2D eigenvalue weighted by molar-refractivity contribution is 7.92. The van der Waals surface area contributed by atoms with E-state index in [1.807, 2.05) is 60.7 Å². The number of carbonyl (C=O) groups excluding carboxylic acids is 2. The van der Waals surface area contributed by atoms with Gasteiger partial charge in [0.05, 0.1) is 22.6 Å². The second-order valence-electron chi connectivity index (χ2n) is 12.5. The van der Waals surface area contributed by atoms with Crippen molar-refractivity contribution >= 4 is 33.2 Å². The standard InChI is InChI=1S/C38H42N4O7S/c1-28-18-23-34(25-35(28)42(45)46)50(47,48)41(32-19-21-33(49-2)22-20-32)27-37(43)40(26-30-14-8-4-9-15-30)36(24-29-12-6-3-7-13-29)38(44)39-31-16-10-5-11-17-31/h3-4,6-9,12-15,18-23,25,31,36H,5,10-11,16-17,24,26-27H2,1-2H3,(H,39,44)/t36-/m0/s1. The van der Waals surface area contributed by atoms with Crippen molar-refractivity contribution in [3.05, 3.63) is 130 Å². The van der Waals surface area contributed by atoms with Crippen LogP contribution >= 0.6 is 0 Å². The molecule has 4 aromatic carbocycles. The zero-order valence-corrected chi connectivity index (χ0v) is 29.1. The van der Waals surface area contributed by atoms with Crippen molar-refractivity contribution in [3.8, 4) is 5.75 Å². The molecule has 0 radical (unpaired) electrons. The minimum Gasteiger partial charge on any atom is -0.497 e. The Kier molecular flexibility index (Phi) is 11.9. The molecule has 12 heteroatoms. The molecule has 5 rings (SSSR count). The maximum absolute atomic E-state index is 14.7. The number of sulfonamides is 1. The number of nitro groups is 1. The number of anilines is 1. The van der Waals surface area contributed by atoms with Crippen LogP contribution in [0.1, 0.15) is 48.8 Å².